The average Bonchev–Trinajstić information content (AvgIpc) is 2.94. The number of carbonyl (C=O) groups is 3. The van der Waals surface area contributed by atoms with Gasteiger partial charge in [0.25, 0.3) is 0 Å². The number of alkyl halides is 18. The van der Waals surface area contributed by atoms with E-state index in [0.717, 1.165) is 0 Å². The van der Waals surface area contributed by atoms with Crippen molar-refractivity contribution in [3.63, 3.8) is 0 Å². The van der Waals surface area contributed by atoms with E-state index in [1.165, 1.54) is 0 Å². The number of ketones is 3. The second-order valence-electron chi connectivity index (χ2n) is 11.0. The van der Waals surface area contributed by atoms with E-state index in [-0.39, 0.29) is 0 Å². The van der Waals surface area contributed by atoms with Crippen LogP contribution in [0.25, 0.3) is 0 Å². The summed E-state index contributed by atoms with van der Waals surface area (Å²) in [5.74, 6) is -43.6. The maximum Gasteiger partial charge on any atom is 0.460 e. The second kappa shape index (κ2) is 13.8. The van der Waals surface area contributed by atoms with E-state index >= 15 is 0 Å². The lowest BCUT2D eigenvalue weighted by Gasteiger charge is -2.44. The van der Waals surface area contributed by atoms with Crippen LogP contribution >= 0.6 is 20.6 Å². The Balaban J connectivity index is 2.57. The Morgan fingerprint density at radius 2 is 0.712 bits per heavy atom. The average molecular weight is 887 g/mol. The largest absolute Gasteiger partial charge is 0.460 e. The van der Waals surface area contributed by atoms with Gasteiger partial charge in [0, 0.05) is 48.7 Å². The number of rotatable bonds is 14. The van der Waals surface area contributed by atoms with Crippen LogP contribution in [0.15, 0.2) is 0 Å². The molecule has 0 aliphatic carbocycles. The van der Waals surface area contributed by atoms with Gasteiger partial charge in [-0.25, -0.2) is 7.26 Å². The Morgan fingerprint density at radius 3 is 0.923 bits per heavy atom. The van der Waals surface area contributed by atoms with Crippen molar-refractivity contribution in [3.8, 4) is 0 Å². The molecule has 0 unspecified atom stereocenters. The van der Waals surface area contributed by atoms with Crippen molar-refractivity contribution in [2.45, 2.75) is 72.2 Å². The molecular weight excluding hydrogens is 866 g/mol. The molecule has 52 heavy (non-hydrogen) atoms. The van der Waals surface area contributed by atoms with E-state index in [1.54, 1.807) is 0 Å². The van der Waals surface area contributed by atoms with Crippen molar-refractivity contribution >= 4 is 58.2 Å². The lowest BCUT2D eigenvalue weighted by molar-refractivity contribution is -0.382. The van der Waals surface area contributed by atoms with Crippen molar-refractivity contribution < 1.29 is 118 Å². The Morgan fingerprint density at radius 1 is 0.481 bits per heavy atom. The van der Waals surface area contributed by atoms with Crippen LogP contribution in [-0.4, -0.2) is 115 Å². The van der Waals surface area contributed by atoms with Gasteiger partial charge in [0.15, 0.2) is 5.78 Å². The molecule has 0 aromatic rings. The standard InChI is InChI=1S/C21H20F18O9S4/c22-14(23,18(30,31)32)16(26,27)20(36,37)51(43,44)47-49(5-1-11(40)2-6-49)9-13(42)10-50(7-3-12(41)4-8-50)48-52(45,46)21(38,39)17(28,29)15(24,25)19(33,34)35/h1-10H2. The SMILES string of the molecule is O=C1CCS(CC(=O)CS2(OS(=O)(=O)C(F)(F)C(F)(F)C(F)(F)C(F)(F)F)CCC(=O)CC2)(OS(=O)(=O)C(F)(F)C(F)(F)C(F)(F)C(F)(F)F)CC1. The van der Waals surface area contributed by atoms with E-state index in [9.17, 15) is 110 Å². The van der Waals surface area contributed by atoms with Crippen molar-refractivity contribution in [1.82, 2.24) is 0 Å². The van der Waals surface area contributed by atoms with Crippen LogP contribution in [0.3, 0.4) is 0 Å². The van der Waals surface area contributed by atoms with E-state index in [0.29, 0.717) is 0 Å². The quantitative estimate of drug-likeness (QED) is 0.185. The number of hydrogen-bond acceptors (Lipinski definition) is 9. The second-order valence-corrected chi connectivity index (χ2v) is 21.0. The minimum absolute atomic E-state index is 0.904. The highest BCUT2D eigenvalue weighted by Gasteiger charge is 2.87. The molecule has 2 heterocycles. The van der Waals surface area contributed by atoms with E-state index in [4.69, 9.17) is 0 Å². The van der Waals surface area contributed by atoms with Crippen molar-refractivity contribution in [3.05, 3.63) is 0 Å². The summed E-state index contributed by atoms with van der Waals surface area (Å²) < 4.78 is 299. The van der Waals surface area contributed by atoms with Gasteiger partial charge in [0.05, 0.1) is 11.5 Å². The van der Waals surface area contributed by atoms with Gasteiger partial charge >= 0.3 is 66.8 Å². The Labute approximate surface area is 282 Å². The molecule has 308 valence electrons. The summed E-state index contributed by atoms with van der Waals surface area (Å²) in [6.45, 7) is 0. The highest BCUT2D eigenvalue weighted by Crippen LogP contribution is 2.63. The van der Waals surface area contributed by atoms with E-state index in [2.05, 4.69) is 7.26 Å². The van der Waals surface area contributed by atoms with E-state index < -0.39 is 165 Å². The summed E-state index contributed by atoms with van der Waals surface area (Å²) in [6.07, 6.45) is -19.0. The molecule has 2 rings (SSSR count). The molecule has 31 heteroatoms. The maximum absolute atomic E-state index is 14.4. The van der Waals surface area contributed by atoms with Gasteiger partial charge < -0.3 is 0 Å². The van der Waals surface area contributed by atoms with Crippen LogP contribution in [0.2, 0.25) is 0 Å². The zero-order valence-electron chi connectivity index (χ0n) is 24.7. The minimum Gasteiger partial charge on any atom is -0.300 e. The van der Waals surface area contributed by atoms with Gasteiger partial charge in [0.2, 0.25) is 0 Å². The molecule has 9 nitrogen and oxygen atoms in total. The van der Waals surface area contributed by atoms with Crippen LogP contribution in [0.4, 0.5) is 79.0 Å². The van der Waals surface area contributed by atoms with Crippen molar-refractivity contribution in [2.75, 3.05) is 34.5 Å². The lowest BCUT2D eigenvalue weighted by atomic mass is 10.1. The Hall–Kier alpha value is -1.73. The highest BCUT2D eigenvalue weighted by atomic mass is 32.3. The summed E-state index contributed by atoms with van der Waals surface area (Å²) in [4.78, 5) is 36.6. The number of hydrogen-bond donors (Lipinski definition) is 0. The third kappa shape index (κ3) is 7.98. The smallest absolute Gasteiger partial charge is 0.300 e. The van der Waals surface area contributed by atoms with Gasteiger partial charge in [0.1, 0.15) is 11.6 Å². The molecule has 0 atom stereocenters. The summed E-state index contributed by atoms with van der Waals surface area (Å²) in [5, 5.41) is -15.0. The number of halogens is 18. The molecule has 0 N–H and O–H groups in total. The summed E-state index contributed by atoms with van der Waals surface area (Å²) in [7, 11) is -24.4. The summed E-state index contributed by atoms with van der Waals surface area (Å²) in [5.41, 5.74) is 0. The van der Waals surface area contributed by atoms with Gasteiger partial charge in [-0.05, 0) is 0 Å². The normalized spacial score (nSPS) is 21.8. The van der Waals surface area contributed by atoms with Gasteiger partial charge in [-0.3, -0.25) is 14.4 Å². The molecule has 0 radical (unpaired) electrons. The first-order valence-electron chi connectivity index (χ1n) is 13.1. The van der Waals surface area contributed by atoms with Crippen molar-refractivity contribution in [1.29, 1.82) is 0 Å². The fraction of sp³-hybridized carbons (Fsp3) is 0.857. The topological polar surface area (TPSA) is 138 Å². The van der Waals surface area contributed by atoms with Crippen LogP contribution in [0.5, 0.6) is 0 Å². The highest BCUT2D eigenvalue weighted by molar-refractivity contribution is 8.34. The first kappa shape index (κ1) is 46.4. The molecule has 0 aromatic carbocycles. The molecule has 2 aliphatic heterocycles. The van der Waals surface area contributed by atoms with Crippen LogP contribution in [0.1, 0.15) is 25.7 Å². The fourth-order valence-electron chi connectivity index (χ4n) is 4.26. The monoisotopic (exact) mass is 886 g/mol. The summed E-state index contributed by atoms with van der Waals surface area (Å²) in [6, 6.07) is 0. The maximum atomic E-state index is 14.4. The van der Waals surface area contributed by atoms with E-state index in [1.807, 2.05) is 0 Å². The minimum atomic E-state index is -7.84. The zero-order valence-corrected chi connectivity index (χ0v) is 27.9. The number of Topliss-reactive ketones (excluding diaryl/α,β-unsaturated/α-hetero) is 3. The molecule has 2 aliphatic rings. The van der Waals surface area contributed by atoms with Gasteiger partial charge in [-0.1, -0.05) is 0 Å². The summed E-state index contributed by atoms with van der Waals surface area (Å²) >= 11 is 0. The van der Waals surface area contributed by atoms with Crippen LogP contribution in [-0.2, 0) is 41.9 Å². The van der Waals surface area contributed by atoms with Crippen molar-refractivity contribution in [2.24, 2.45) is 0 Å². The predicted octanol–water partition coefficient (Wildman–Crippen LogP) is 6.26. The molecule has 0 spiro atoms. The Kier molecular flexibility index (Phi) is 12.3. The molecule has 2 fully saturated rings. The fourth-order valence-corrected chi connectivity index (χ4v) is 15.2. The van der Waals surface area contributed by atoms with Crippen LogP contribution < -0.4 is 0 Å². The first-order chi connectivity index (χ1) is 22.7. The van der Waals surface area contributed by atoms with Gasteiger partial charge in [-0.15, -0.1) is 20.6 Å². The third-order valence-electron chi connectivity index (χ3n) is 7.19. The molecule has 0 amide bonds. The lowest BCUT2D eigenvalue weighted by Crippen LogP contribution is -2.63. The molecule has 2 saturated heterocycles. The molecule has 0 bridgehead atoms. The molecule has 0 saturated carbocycles. The van der Waals surface area contributed by atoms with Crippen LogP contribution in [0, 0.1) is 0 Å². The predicted molar refractivity (Wildman–Crippen MR) is 140 cm³/mol. The molecule has 0 aromatic heterocycles. The zero-order chi connectivity index (χ0) is 41.2. The van der Waals surface area contributed by atoms with Gasteiger partial charge in [-0.2, -0.15) is 95.9 Å². The number of carbonyl (C=O) groups excluding carboxylic acids is 3. The first-order valence-corrected chi connectivity index (χ1v) is 20.1. The Bertz CT molecular complexity index is 1500. The third-order valence-corrected chi connectivity index (χ3v) is 18.2. The molecular formula is C21H20F18O9S4.